The van der Waals surface area contributed by atoms with Gasteiger partial charge in [-0.05, 0) is 37.3 Å². The van der Waals surface area contributed by atoms with Crippen molar-refractivity contribution in [3.63, 3.8) is 0 Å². The maximum Gasteiger partial charge on any atom is 0.261 e. The third-order valence-corrected chi connectivity index (χ3v) is 5.80. The molecule has 0 unspecified atom stereocenters. The van der Waals surface area contributed by atoms with Crippen molar-refractivity contribution in [3.05, 3.63) is 63.4 Å². The minimum absolute atomic E-state index is 0.214. The van der Waals surface area contributed by atoms with E-state index < -0.39 is 10.0 Å². The van der Waals surface area contributed by atoms with Gasteiger partial charge < -0.3 is 0 Å². The summed E-state index contributed by atoms with van der Waals surface area (Å²) >= 11 is 4.86. The number of rotatable bonds is 4. The first-order valence-corrected chi connectivity index (χ1v) is 9.90. The molecule has 23 heavy (non-hydrogen) atoms. The van der Waals surface area contributed by atoms with Gasteiger partial charge in [0.25, 0.3) is 10.0 Å². The van der Waals surface area contributed by atoms with Crippen LogP contribution < -0.4 is 4.72 Å². The van der Waals surface area contributed by atoms with Crippen molar-refractivity contribution in [2.75, 3.05) is 4.72 Å². The van der Waals surface area contributed by atoms with Crippen LogP contribution in [0.4, 0.5) is 5.69 Å². The maximum absolute atomic E-state index is 12.4. The standard InChI is InChI=1S/C16H13BrN2O2S2/c1-11-18-16(10-22-11)12-5-7-14(8-6-12)19-23(20,21)15-4-2-3-13(17)9-15/h2-10,19H,1H3. The molecule has 4 nitrogen and oxygen atoms in total. The topological polar surface area (TPSA) is 59.1 Å². The number of aromatic nitrogens is 1. The Bertz CT molecular complexity index is 935. The van der Waals surface area contributed by atoms with E-state index in [1.807, 2.05) is 24.4 Å². The molecule has 0 saturated heterocycles. The minimum Gasteiger partial charge on any atom is -0.280 e. The van der Waals surface area contributed by atoms with Crippen molar-refractivity contribution in [2.24, 2.45) is 0 Å². The van der Waals surface area contributed by atoms with Crippen molar-refractivity contribution in [1.82, 2.24) is 4.98 Å². The van der Waals surface area contributed by atoms with Gasteiger partial charge in [-0.3, -0.25) is 4.72 Å². The minimum atomic E-state index is -3.60. The van der Waals surface area contributed by atoms with Crippen molar-refractivity contribution in [2.45, 2.75) is 11.8 Å². The highest BCUT2D eigenvalue weighted by Gasteiger charge is 2.14. The second-order valence-corrected chi connectivity index (χ2v) is 8.55. The lowest BCUT2D eigenvalue weighted by Gasteiger charge is -2.09. The highest BCUT2D eigenvalue weighted by atomic mass is 79.9. The normalized spacial score (nSPS) is 11.4. The fourth-order valence-corrected chi connectivity index (χ4v) is 4.33. The SMILES string of the molecule is Cc1nc(-c2ccc(NS(=O)(=O)c3cccc(Br)c3)cc2)cs1. The Morgan fingerprint density at radius 2 is 1.87 bits per heavy atom. The monoisotopic (exact) mass is 408 g/mol. The van der Waals surface area contributed by atoms with Crippen LogP contribution in [0.2, 0.25) is 0 Å². The summed E-state index contributed by atoms with van der Waals surface area (Å²) in [4.78, 5) is 4.63. The second kappa shape index (κ2) is 6.43. The van der Waals surface area contributed by atoms with Crippen LogP contribution in [0.25, 0.3) is 11.3 Å². The zero-order valence-corrected chi connectivity index (χ0v) is 15.4. The van der Waals surface area contributed by atoms with Crippen LogP contribution in [0.5, 0.6) is 0 Å². The molecule has 3 aromatic rings. The van der Waals surface area contributed by atoms with Crippen LogP contribution in [0, 0.1) is 6.92 Å². The van der Waals surface area contributed by atoms with Gasteiger partial charge in [-0.25, -0.2) is 13.4 Å². The Morgan fingerprint density at radius 3 is 2.48 bits per heavy atom. The lowest BCUT2D eigenvalue weighted by molar-refractivity contribution is 0.601. The van der Waals surface area contributed by atoms with Crippen LogP contribution in [0.15, 0.2) is 63.3 Å². The summed E-state index contributed by atoms with van der Waals surface area (Å²) in [5, 5.41) is 2.98. The van der Waals surface area contributed by atoms with Gasteiger partial charge in [-0.1, -0.05) is 34.1 Å². The summed E-state index contributed by atoms with van der Waals surface area (Å²) in [6.07, 6.45) is 0. The molecule has 0 spiro atoms. The van der Waals surface area contributed by atoms with E-state index in [0.29, 0.717) is 5.69 Å². The molecule has 3 rings (SSSR count). The molecule has 1 aromatic heterocycles. The van der Waals surface area contributed by atoms with Gasteiger partial charge in [0.05, 0.1) is 15.6 Å². The largest absolute Gasteiger partial charge is 0.280 e. The average Bonchev–Trinajstić information content (AvgIpc) is 2.94. The van der Waals surface area contributed by atoms with Gasteiger partial charge >= 0.3 is 0 Å². The van der Waals surface area contributed by atoms with E-state index in [1.54, 1.807) is 47.7 Å². The van der Waals surface area contributed by atoms with Crippen LogP contribution in [-0.2, 0) is 10.0 Å². The zero-order valence-electron chi connectivity index (χ0n) is 12.2. The number of nitrogens with zero attached hydrogens (tertiary/aromatic N) is 1. The molecule has 0 aliphatic carbocycles. The molecular weight excluding hydrogens is 396 g/mol. The van der Waals surface area contributed by atoms with Gasteiger partial charge in [0.1, 0.15) is 0 Å². The first-order valence-electron chi connectivity index (χ1n) is 6.75. The van der Waals surface area contributed by atoms with Crippen molar-refractivity contribution in [3.8, 4) is 11.3 Å². The Morgan fingerprint density at radius 1 is 1.13 bits per heavy atom. The van der Waals surface area contributed by atoms with E-state index in [4.69, 9.17) is 0 Å². The van der Waals surface area contributed by atoms with E-state index in [-0.39, 0.29) is 4.90 Å². The Labute approximate surface area is 147 Å². The zero-order chi connectivity index (χ0) is 16.4. The summed E-state index contributed by atoms with van der Waals surface area (Å²) in [6.45, 7) is 1.95. The summed E-state index contributed by atoms with van der Waals surface area (Å²) in [6, 6.07) is 13.8. The predicted octanol–water partition coefficient (Wildman–Crippen LogP) is 4.68. The number of hydrogen-bond donors (Lipinski definition) is 1. The molecule has 0 fully saturated rings. The van der Waals surface area contributed by atoms with Gasteiger partial charge in [0, 0.05) is 21.1 Å². The van der Waals surface area contributed by atoms with E-state index in [9.17, 15) is 8.42 Å². The number of nitrogens with one attached hydrogen (secondary N) is 1. The Kier molecular flexibility index (Phi) is 4.52. The number of benzene rings is 2. The molecule has 0 radical (unpaired) electrons. The lowest BCUT2D eigenvalue weighted by Crippen LogP contribution is -2.12. The quantitative estimate of drug-likeness (QED) is 0.681. The molecule has 0 aliphatic rings. The van der Waals surface area contributed by atoms with Gasteiger partial charge in [-0.15, -0.1) is 11.3 Å². The fraction of sp³-hybridized carbons (Fsp3) is 0.0625. The number of aryl methyl sites for hydroxylation is 1. The predicted molar refractivity (Wildman–Crippen MR) is 97.2 cm³/mol. The van der Waals surface area contributed by atoms with E-state index in [0.717, 1.165) is 20.7 Å². The molecule has 0 atom stereocenters. The third kappa shape index (κ3) is 3.80. The van der Waals surface area contributed by atoms with Gasteiger partial charge in [0.2, 0.25) is 0 Å². The maximum atomic E-state index is 12.4. The molecule has 0 aliphatic heterocycles. The fourth-order valence-electron chi connectivity index (χ4n) is 2.05. The third-order valence-electron chi connectivity index (χ3n) is 3.16. The number of hydrogen-bond acceptors (Lipinski definition) is 4. The molecule has 118 valence electrons. The molecule has 0 bridgehead atoms. The highest BCUT2D eigenvalue weighted by Crippen LogP contribution is 2.24. The first kappa shape index (κ1) is 16.2. The molecule has 7 heteroatoms. The molecule has 1 N–H and O–H groups in total. The summed E-state index contributed by atoms with van der Waals surface area (Å²) in [5.41, 5.74) is 2.37. The number of sulfonamides is 1. The van der Waals surface area contributed by atoms with Crippen molar-refractivity contribution in [1.29, 1.82) is 0 Å². The van der Waals surface area contributed by atoms with E-state index >= 15 is 0 Å². The Balaban J connectivity index is 1.83. The first-order chi connectivity index (χ1) is 10.9. The molecular formula is C16H13BrN2O2S2. The van der Waals surface area contributed by atoms with Crippen LogP contribution in [0.3, 0.4) is 0 Å². The highest BCUT2D eigenvalue weighted by molar-refractivity contribution is 9.10. The smallest absolute Gasteiger partial charge is 0.261 e. The molecule has 0 saturated carbocycles. The van der Waals surface area contributed by atoms with Crippen LogP contribution in [-0.4, -0.2) is 13.4 Å². The molecule has 2 aromatic carbocycles. The Hall–Kier alpha value is -1.70. The molecule has 0 amide bonds. The van der Waals surface area contributed by atoms with Gasteiger partial charge in [-0.2, -0.15) is 0 Å². The average molecular weight is 409 g/mol. The van der Waals surface area contributed by atoms with Crippen LogP contribution >= 0.6 is 27.3 Å². The summed E-state index contributed by atoms with van der Waals surface area (Å²) in [7, 11) is -3.60. The van der Waals surface area contributed by atoms with Crippen LogP contribution in [0.1, 0.15) is 5.01 Å². The number of thiazole rings is 1. The van der Waals surface area contributed by atoms with Gasteiger partial charge in [0.15, 0.2) is 0 Å². The van der Waals surface area contributed by atoms with E-state index in [2.05, 4.69) is 25.6 Å². The summed E-state index contributed by atoms with van der Waals surface area (Å²) < 4.78 is 28.0. The summed E-state index contributed by atoms with van der Waals surface area (Å²) in [5.74, 6) is 0. The number of halogens is 1. The second-order valence-electron chi connectivity index (χ2n) is 4.89. The van der Waals surface area contributed by atoms with Crippen molar-refractivity contribution >= 4 is 43.0 Å². The van der Waals surface area contributed by atoms with Crippen molar-refractivity contribution < 1.29 is 8.42 Å². The number of anilines is 1. The lowest BCUT2D eigenvalue weighted by atomic mass is 10.1. The van der Waals surface area contributed by atoms with E-state index in [1.165, 1.54) is 0 Å². The molecule has 1 heterocycles.